The predicted molar refractivity (Wildman–Crippen MR) is 42.4 cm³/mol. The van der Waals surface area contributed by atoms with E-state index in [1.807, 2.05) is 6.20 Å². The van der Waals surface area contributed by atoms with E-state index < -0.39 is 0 Å². The van der Waals surface area contributed by atoms with Gasteiger partial charge in [-0.15, -0.1) is 0 Å². The smallest absolute Gasteiger partial charge is 0.181 e. The molecule has 11 heavy (non-hydrogen) atoms. The zero-order valence-electron chi connectivity index (χ0n) is 6.21. The van der Waals surface area contributed by atoms with Crippen molar-refractivity contribution in [3.8, 4) is 0 Å². The molecular weight excluding hydrogens is 140 g/mol. The quantitative estimate of drug-likeness (QED) is 0.562. The van der Waals surface area contributed by atoms with E-state index in [-0.39, 0.29) is 5.43 Å². The second-order valence-corrected chi connectivity index (χ2v) is 2.72. The molecule has 3 nitrogen and oxygen atoms in total. The molecule has 1 aliphatic rings. The van der Waals surface area contributed by atoms with E-state index in [1.165, 1.54) is 0 Å². The number of nitrogens with one attached hydrogen (secondary N) is 1. The van der Waals surface area contributed by atoms with Crippen molar-refractivity contribution in [3.63, 3.8) is 0 Å². The van der Waals surface area contributed by atoms with Gasteiger partial charge in [0.05, 0.1) is 0 Å². The Labute approximate surface area is 64.7 Å². The molecule has 0 bridgehead atoms. The second-order valence-electron chi connectivity index (χ2n) is 2.72. The maximum atomic E-state index is 10.9. The second kappa shape index (κ2) is 2.51. The van der Waals surface area contributed by atoms with Crippen LogP contribution in [0.4, 0.5) is 0 Å². The topological polar surface area (TPSA) is 34.0 Å². The number of nitrogens with zero attached hydrogens (tertiary/aromatic N) is 1. The Morgan fingerprint density at radius 1 is 1.55 bits per heavy atom. The minimum atomic E-state index is 0.0972. The Kier molecular flexibility index (Phi) is 1.51. The van der Waals surface area contributed by atoms with Gasteiger partial charge in [0.1, 0.15) is 0 Å². The Hall–Kier alpha value is -1.09. The van der Waals surface area contributed by atoms with Gasteiger partial charge in [0.25, 0.3) is 0 Å². The molecule has 0 radical (unpaired) electrons. The lowest BCUT2D eigenvalue weighted by molar-refractivity contribution is 0.508. The molecule has 0 amide bonds. The van der Waals surface area contributed by atoms with Crippen molar-refractivity contribution in [2.45, 2.75) is 13.1 Å². The molecular formula is C8H10N2O. The van der Waals surface area contributed by atoms with Crippen LogP contribution in [0, 0.1) is 0 Å². The highest BCUT2D eigenvalue weighted by atomic mass is 16.1. The summed E-state index contributed by atoms with van der Waals surface area (Å²) < 4.78 is 2.11. The van der Waals surface area contributed by atoms with Crippen LogP contribution in [0.25, 0.3) is 0 Å². The molecule has 0 aliphatic carbocycles. The number of pyridine rings is 1. The maximum absolute atomic E-state index is 10.9. The normalized spacial score (nSPS) is 16.0. The molecule has 0 fully saturated rings. The Balaban J connectivity index is 2.51. The number of hydrogen-bond donors (Lipinski definition) is 1. The van der Waals surface area contributed by atoms with Crippen LogP contribution in [0.1, 0.15) is 5.69 Å². The lowest BCUT2D eigenvalue weighted by Gasteiger charge is -2.18. The summed E-state index contributed by atoms with van der Waals surface area (Å²) in [5.41, 5.74) is 1.18. The summed E-state index contributed by atoms with van der Waals surface area (Å²) in [7, 11) is 0. The van der Waals surface area contributed by atoms with E-state index >= 15 is 0 Å². The fourth-order valence-corrected chi connectivity index (χ4v) is 1.34. The van der Waals surface area contributed by atoms with E-state index in [2.05, 4.69) is 9.88 Å². The Morgan fingerprint density at radius 2 is 2.45 bits per heavy atom. The molecule has 1 aliphatic heterocycles. The summed E-state index contributed by atoms with van der Waals surface area (Å²) in [5, 5.41) is 3.21. The molecule has 3 heteroatoms. The number of hydrogen-bond acceptors (Lipinski definition) is 2. The average Bonchev–Trinajstić information content (AvgIpc) is 2.04. The molecule has 0 atom stereocenters. The van der Waals surface area contributed by atoms with E-state index in [1.54, 1.807) is 12.1 Å². The molecule has 0 saturated carbocycles. The van der Waals surface area contributed by atoms with Crippen LogP contribution in [0.3, 0.4) is 0 Å². The average molecular weight is 150 g/mol. The minimum Gasteiger partial charge on any atom is -0.349 e. The first-order valence-corrected chi connectivity index (χ1v) is 3.76. The standard InChI is InChI=1S/C8H10N2O/c11-8-1-3-10-4-2-9-6-7(10)5-8/h1,3,5,9H,2,4,6H2. The van der Waals surface area contributed by atoms with Gasteiger partial charge < -0.3 is 9.88 Å². The van der Waals surface area contributed by atoms with Crippen LogP contribution in [0.5, 0.6) is 0 Å². The van der Waals surface area contributed by atoms with Gasteiger partial charge in [-0.2, -0.15) is 0 Å². The molecule has 1 N–H and O–H groups in total. The molecule has 2 heterocycles. The SMILES string of the molecule is O=c1ccn2c(c1)CNCC2. The first kappa shape index (κ1) is 6.61. The van der Waals surface area contributed by atoms with Gasteiger partial charge in [-0.1, -0.05) is 0 Å². The van der Waals surface area contributed by atoms with Crippen molar-refractivity contribution in [3.05, 3.63) is 34.2 Å². The van der Waals surface area contributed by atoms with Gasteiger partial charge in [0.2, 0.25) is 0 Å². The zero-order chi connectivity index (χ0) is 7.68. The highest BCUT2D eigenvalue weighted by Gasteiger charge is 2.04. The van der Waals surface area contributed by atoms with Gasteiger partial charge in [-0.3, -0.25) is 4.79 Å². The summed E-state index contributed by atoms with van der Waals surface area (Å²) >= 11 is 0. The van der Waals surface area contributed by atoms with Crippen molar-refractivity contribution >= 4 is 0 Å². The Morgan fingerprint density at radius 3 is 3.36 bits per heavy atom. The first-order chi connectivity index (χ1) is 5.36. The summed E-state index contributed by atoms with van der Waals surface area (Å²) in [6.45, 7) is 2.78. The number of fused-ring (bicyclic) bond motifs is 1. The largest absolute Gasteiger partial charge is 0.349 e. The molecule has 1 aromatic rings. The number of aromatic nitrogens is 1. The molecule has 58 valence electrons. The van der Waals surface area contributed by atoms with Gasteiger partial charge in [-0.25, -0.2) is 0 Å². The third-order valence-corrected chi connectivity index (χ3v) is 1.93. The van der Waals surface area contributed by atoms with E-state index in [4.69, 9.17) is 0 Å². The lowest BCUT2D eigenvalue weighted by atomic mass is 10.3. The molecule has 0 spiro atoms. The molecule has 2 rings (SSSR count). The van der Waals surface area contributed by atoms with Crippen LogP contribution in [-0.4, -0.2) is 11.1 Å². The van der Waals surface area contributed by atoms with Crippen molar-refractivity contribution in [1.82, 2.24) is 9.88 Å². The number of rotatable bonds is 0. The van der Waals surface area contributed by atoms with E-state index in [0.717, 1.165) is 25.3 Å². The monoisotopic (exact) mass is 150 g/mol. The van der Waals surface area contributed by atoms with Gasteiger partial charge in [-0.05, 0) is 0 Å². The van der Waals surface area contributed by atoms with Crippen LogP contribution >= 0.6 is 0 Å². The summed E-state index contributed by atoms with van der Waals surface area (Å²) in [6, 6.07) is 3.29. The van der Waals surface area contributed by atoms with Gasteiger partial charge in [0, 0.05) is 43.7 Å². The van der Waals surface area contributed by atoms with Crippen molar-refractivity contribution in [1.29, 1.82) is 0 Å². The van der Waals surface area contributed by atoms with E-state index in [9.17, 15) is 4.79 Å². The Bertz CT molecular complexity index is 316. The molecule has 0 saturated heterocycles. The van der Waals surface area contributed by atoms with Crippen molar-refractivity contribution in [2.75, 3.05) is 6.54 Å². The van der Waals surface area contributed by atoms with Crippen LogP contribution in [0.15, 0.2) is 23.1 Å². The third-order valence-electron chi connectivity index (χ3n) is 1.93. The zero-order valence-corrected chi connectivity index (χ0v) is 6.21. The fourth-order valence-electron chi connectivity index (χ4n) is 1.34. The van der Waals surface area contributed by atoms with Gasteiger partial charge >= 0.3 is 0 Å². The molecule has 0 unspecified atom stereocenters. The maximum Gasteiger partial charge on any atom is 0.181 e. The summed E-state index contributed by atoms with van der Waals surface area (Å²) in [6.07, 6.45) is 1.86. The molecule has 0 aromatic carbocycles. The van der Waals surface area contributed by atoms with Crippen LogP contribution < -0.4 is 10.7 Å². The predicted octanol–water partition coefficient (Wildman–Crippen LogP) is -0.0485. The van der Waals surface area contributed by atoms with Crippen LogP contribution in [-0.2, 0) is 13.1 Å². The van der Waals surface area contributed by atoms with Crippen molar-refractivity contribution < 1.29 is 0 Å². The third kappa shape index (κ3) is 1.19. The summed E-state index contributed by atoms with van der Waals surface area (Å²) in [4.78, 5) is 10.9. The van der Waals surface area contributed by atoms with Crippen LogP contribution in [0.2, 0.25) is 0 Å². The summed E-state index contributed by atoms with van der Waals surface area (Å²) in [5.74, 6) is 0. The van der Waals surface area contributed by atoms with Gasteiger partial charge in [0.15, 0.2) is 5.43 Å². The first-order valence-electron chi connectivity index (χ1n) is 3.76. The van der Waals surface area contributed by atoms with E-state index in [0.29, 0.717) is 0 Å². The highest BCUT2D eigenvalue weighted by Crippen LogP contribution is 2.00. The highest BCUT2D eigenvalue weighted by molar-refractivity contribution is 5.08. The lowest BCUT2D eigenvalue weighted by Crippen LogP contribution is -2.29. The minimum absolute atomic E-state index is 0.0972. The molecule has 1 aromatic heterocycles. The van der Waals surface area contributed by atoms with Crippen molar-refractivity contribution in [2.24, 2.45) is 0 Å². The fraction of sp³-hybridized carbons (Fsp3) is 0.375.